The van der Waals surface area contributed by atoms with Crippen LogP contribution in [-0.4, -0.2) is 30.6 Å². The Morgan fingerprint density at radius 1 is 1.05 bits per heavy atom. The standard InChI is InChI=1S/C10H19O4P.H3O4P/c1-9(2)7-4-5-10(9,3)8(6-7)14-15(11,12)13;1-5(2,3)4/h7-8H,4-6H2,1-3H3,(H2,11,12,13);(H3,1,2,3,4). The van der Waals surface area contributed by atoms with E-state index in [4.69, 9.17) is 33.6 Å². The fourth-order valence-electron chi connectivity index (χ4n) is 3.46. The summed E-state index contributed by atoms with van der Waals surface area (Å²) >= 11 is 0. The molecule has 2 saturated carbocycles. The highest BCUT2D eigenvalue weighted by Crippen LogP contribution is 2.67. The van der Waals surface area contributed by atoms with Crippen LogP contribution in [0.15, 0.2) is 0 Å². The lowest BCUT2D eigenvalue weighted by atomic mass is 9.70. The van der Waals surface area contributed by atoms with Gasteiger partial charge in [0.15, 0.2) is 0 Å². The van der Waals surface area contributed by atoms with Gasteiger partial charge in [-0.2, -0.15) is 0 Å². The normalized spacial score (nSPS) is 35.6. The fourth-order valence-corrected chi connectivity index (χ4v) is 4.11. The number of hydrogen-bond donors (Lipinski definition) is 5. The van der Waals surface area contributed by atoms with E-state index in [0.29, 0.717) is 5.92 Å². The van der Waals surface area contributed by atoms with E-state index in [2.05, 4.69) is 20.8 Å². The van der Waals surface area contributed by atoms with Gasteiger partial charge in [-0.15, -0.1) is 0 Å². The average Bonchev–Trinajstić information content (AvgIpc) is 2.45. The molecule has 0 aromatic rings. The molecular formula is C10H22O8P2. The largest absolute Gasteiger partial charge is 0.469 e. The van der Waals surface area contributed by atoms with Gasteiger partial charge in [0.1, 0.15) is 0 Å². The molecule has 0 aromatic heterocycles. The van der Waals surface area contributed by atoms with Gasteiger partial charge in [0, 0.05) is 0 Å². The van der Waals surface area contributed by atoms with Crippen molar-refractivity contribution in [3.8, 4) is 0 Å². The molecule has 0 amide bonds. The van der Waals surface area contributed by atoms with Gasteiger partial charge in [-0.05, 0) is 36.0 Å². The molecule has 2 fully saturated rings. The number of phosphoric acid groups is 2. The minimum atomic E-state index is -4.64. The molecule has 8 nitrogen and oxygen atoms in total. The van der Waals surface area contributed by atoms with Gasteiger partial charge in [-0.1, -0.05) is 20.8 Å². The minimum Gasteiger partial charge on any atom is -0.303 e. The molecule has 3 atom stereocenters. The van der Waals surface area contributed by atoms with Crippen LogP contribution in [-0.2, 0) is 13.7 Å². The zero-order valence-electron chi connectivity index (χ0n) is 11.6. The summed E-state index contributed by atoms with van der Waals surface area (Å²) in [5.41, 5.74) is 0.0472. The number of fused-ring (bicyclic) bond motifs is 2. The summed E-state index contributed by atoms with van der Waals surface area (Å²) in [6, 6.07) is 0. The SMILES string of the molecule is CC1(C)C2CCC1(C)C(OP(=O)(O)O)C2.O=P(O)(O)O. The molecule has 20 heavy (non-hydrogen) atoms. The highest BCUT2D eigenvalue weighted by atomic mass is 31.2. The predicted molar refractivity (Wildman–Crippen MR) is 70.4 cm³/mol. The van der Waals surface area contributed by atoms with E-state index in [1.807, 2.05) is 0 Å². The molecule has 5 N–H and O–H groups in total. The van der Waals surface area contributed by atoms with Crippen molar-refractivity contribution < 1.29 is 38.1 Å². The van der Waals surface area contributed by atoms with E-state index in [-0.39, 0.29) is 16.9 Å². The molecule has 2 rings (SSSR count). The van der Waals surface area contributed by atoms with Crippen LogP contribution in [0.2, 0.25) is 0 Å². The first-order valence-electron chi connectivity index (χ1n) is 6.19. The Bertz CT molecular complexity index is 444. The first-order chi connectivity index (χ1) is 8.67. The molecule has 0 saturated heterocycles. The zero-order valence-corrected chi connectivity index (χ0v) is 13.4. The van der Waals surface area contributed by atoms with Crippen LogP contribution in [0.25, 0.3) is 0 Å². The van der Waals surface area contributed by atoms with Crippen molar-refractivity contribution in [3.63, 3.8) is 0 Å². The molecule has 2 aliphatic rings. The van der Waals surface area contributed by atoms with Gasteiger partial charge in [-0.25, -0.2) is 9.13 Å². The molecule has 3 unspecified atom stereocenters. The molecule has 0 radical (unpaired) electrons. The highest BCUT2D eigenvalue weighted by Gasteiger charge is 2.62. The van der Waals surface area contributed by atoms with E-state index < -0.39 is 15.6 Å². The van der Waals surface area contributed by atoms with Gasteiger partial charge >= 0.3 is 15.6 Å². The van der Waals surface area contributed by atoms with Crippen LogP contribution < -0.4 is 0 Å². The van der Waals surface area contributed by atoms with E-state index in [9.17, 15) is 4.57 Å². The van der Waals surface area contributed by atoms with Gasteiger partial charge in [-0.3, -0.25) is 4.52 Å². The summed E-state index contributed by atoms with van der Waals surface area (Å²) in [7, 11) is -8.98. The Kier molecular flexibility index (Phi) is 4.98. The van der Waals surface area contributed by atoms with Crippen molar-refractivity contribution >= 4 is 15.6 Å². The first-order valence-corrected chi connectivity index (χ1v) is 9.28. The molecule has 2 bridgehead atoms. The lowest BCUT2D eigenvalue weighted by Crippen LogP contribution is -2.36. The molecule has 0 aromatic carbocycles. The smallest absolute Gasteiger partial charge is 0.303 e. The lowest BCUT2D eigenvalue weighted by molar-refractivity contribution is 0.0108. The maximum absolute atomic E-state index is 10.9. The van der Waals surface area contributed by atoms with Crippen LogP contribution in [0.4, 0.5) is 0 Å². The topological polar surface area (TPSA) is 145 Å². The quantitative estimate of drug-likeness (QED) is 0.477. The second kappa shape index (κ2) is 5.45. The van der Waals surface area contributed by atoms with Crippen LogP contribution in [0.3, 0.4) is 0 Å². The lowest BCUT2D eigenvalue weighted by Gasteiger charge is -2.38. The van der Waals surface area contributed by atoms with Gasteiger partial charge in [0.25, 0.3) is 0 Å². The number of hydrogen-bond acceptors (Lipinski definition) is 3. The Morgan fingerprint density at radius 3 is 1.75 bits per heavy atom. The number of phosphoric ester groups is 1. The molecule has 0 aliphatic heterocycles. The Hall–Kier alpha value is 0.220. The maximum Gasteiger partial charge on any atom is 0.469 e. The molecule has 0 heterocycles. The molecule has 120 valence electrons. The van der Waals surface area contributed by atoms with E-state index in [0.717, 1.165) is 19.3 Å². The Labute approximate surface area is 117 Å². The molecule has 2 aliphatic carbocycles. The maximum atomic E-state index is 10.9. The third-order valence-corrected chi connectivity index (χ3v) is 5.51. The van der Waals surface area contributed by atoms with E-state index in [1.165, 1.54) is 0 Å². The summed E-state index contributed by atoms with van der Waals surface area (Å²) in [6.45, 7) is 6.47. The third kappa shape index (κ3) is 4.12. The summed E-state index contributed by atoms with van der Waals surface area (Å²) < 4.78 is 24.7. The fraction of sp³-hybridized carbons (Fsp3) is 1.00. The Morgan fingerprint density at radius 2 is 1.50 bits per heavy atom. The van der Waals surface area contributed by atoms with Gasteiger partial charge in [0.2, 0.25) is 0 Å². The monoisotopic (exact) mass is 332 g/mol. The van der Waals surface area contributed by atoms with E-state index >= 15 is 0 Å². The predicted octanol–water partition coefficient (Wildman–Crippen LogP) is 1.38. The second-order valence-corrected chi connectivity index (χ2v) is 8.43. The first kappa shape index (κ1) is 18.3. The van der Waals surface area contributed by atoms with Crippen molar-refractivity contribution in [2.45, 2.75) is 46.1 Å². The van der Waals surface area contributed by atoms with Gasteiger partial charge in [0.05, 0.1) is 6.10 Å². The summed E-state index contributed by atoms with van der Waals surface area (Å²) in [4.78, 5) is 39.3. The highest BCUT2D eigenvalue weighted by molar-refractivity contribution is 7.46. The van der Waals surface area contributed by atoms with Crippen LogP contribution in [0, 0.1) is 16.7 Å². The zero-order chi connectivity index (χ0) is 16.0. The van der Waals surface area contributed by atoms with Crippen molar-refractivity contribution in [1.29, 1.82) is 0 Å². The van der Waals surface area contributed by atoms with Crippen LogP contribution in [0.5, 0.6) is 0 Å². The summed E-state index contributed by atoms with van der Waals surface area (Å²) in [5.74, 6) is 0.541. The van der Waals surface area contributed by atoms with Crippen molar-refractivity contribution in [1.82, 2.24) is 0 Å². The Balaban J connectivity index is 0.000000347. The second-order valence-electron chi connectivity index (χ2n) is 6.21. The van der Waals surface area contributed by atoms with Crippen LogP contribution in [0.1, 0.15) is 40.0 Å². The minimum absolute atomic E-state index is 0.0845. The van der Waals surface area contributed by atoms with Crippen molar-refractivity contribution in [2.75, 3.05) is 0 Å². The summed E-state index contributed by atoms with van der Waals surface area (Å²) in [6.07, 6.45) is 2.67. The molecular weight excluding hydrogens is 310 g/mol. The third-order valence-electron chi connectivity index (χ3n) is 4.98. The molecule has 0 spiro atoms. The summed E-state index contributed by atoms with van der Waals surface area (Å²) in [5, 5.41) is 0. The van der Waals surface area contributed by atoms with Crippen molar-refractivity contribution in [2.24, 2.45) is 16.7 Å². The van der Waals surface area contributed by atoms with Crippen molar-refractivity contribution in [3.05, 3.63) is 0 Å². The van der Waals surface area contributed by atoms with Gasteiger partial charge < -0.3 is 24.5 Å². The molecule has 10 heteroatoms. The average molecular weight is 332 g/mol. The number of rotatable bonds is 2. The van der Waals surface area contributed by atoms with Crippen LogP contribution >= 0.6 is 15.6 Å². The van der Waals surface area contributed by atoms with E-state index in [1.54, 1.807) is 0 Å².